The van der Waals surface area contributed by atoms with Crippen LogP contribution in [0.5, 0.6) is 0 Å². The van der Waals surface area contributed by atoms with Crippen LogP contribution in [0.25, 0.3) is 82.4 Å². The summed E-state index contributed by atoms with van der Waals surface area (Å²) in [6, 6.07) is 8.92. The van der Waals surface area contributed by atoms with E-state index in [-0.39, 0.29) is 28.3 Å². The molecule has 0 aromatic carbocycles. The van der Waals surface area contributed by atoms with E-state index in [1.807, 2.05) is 62.6 Å². The summed E-state index contributed by atoms with van der Waals surface area (Å²) in [6.45, 7) is 4.28. The summed E-state index contributed by atoms with van der Waals surface area (Å²) in [5.74, 6) is 2.00. The number of alkyl halides is 4. The molecule has 0 bridgehead atoms. The van der Waals surface area contributed by atoms with Crippen molar-refractivity contribution in [1.82, 2.24) is 102 Å². The number of aldehydes is 1. The van der Waals surface area contributed by atoms with Gasteiger partial charge in [0.2, 0.25) is 0 Å². The quantitative estimate of drug-likeness (QED) is 0.0281. The van der Waals surface area contributed by atoms with E-state index in [0.29, 0.717) is 93.5 Å². The van der Waals surface area contributed by atoms with Crippen LogP contribution in [-0.4, -0.2) is 163 Å². The van der Waals surface area contributed by atoms with Gasteiger partial charge in [-0.2, -0.15) is 0 Å². The number of aliphatic hydroxyl groups excluding tert-OH is 1. The van der Waals surface area contributed by atoms with Crippen molar-refractivity contribution in [1.29, 1.82) is 0 Å². The van der Waals surface area contributed by atoms with Gasteiger partial charge in [-0.05, 0) is 69.2 Å². The minimum atomic E-state index is -2.51. The van der Waals surface area contributed by atoms with Crippen molar-refractivity contribution in [2.45, 2.75) is 53.4 Å². The Kier molecular flexibility index (Phi) is 26.4. The number of fused-ring (bicyclic) bond motifs is 5. The van der Waals surface area contributed by atoms with Crippen molar-refractivity contribution < 1.29 is 46.5 Å². The van der Waals surface area contributed by atoms with Gasteiger partial charge in [0.05, 0.1) is 96.6 Å². The lowest BCUT2D eigenvalue weighted by atomic mass is 10.4. The third kappa shape index (κ3) is 18.7. The third-order valence-corrected chi connectivity index (χ3v) is 21.9. The zero-order valence-electron chi connectivity index (χ0n) is 54.9. The van der Waals surface area contributed by atoms with Crippen LogP contribution in [0.1, 0.15) is 70.3 Å². The number of imidazole rings is 5. The Morgan fingerprint density at radius 3 is 1.21 bits per heavy atom. The van der Waals surface area contributed by atoms with Crippen LogP contribution in [0.4, 0.5) is 22.7 Å². The van der Waals surface area contributed by atoms with Crippen molar-refractivity contribution in [2.24, 2.45) is 0 Å². The molecule has 0 aliphatic rings. The molecule has 0 saturated carbocycles. The minimum Gasteiger partial charge on any atom is -0.462 e. The van der Waals surface area contributed by atoms with Crippen LogP contribution in [0.2, 0.25) is 5.15 Å². The Morgan fingerprint density at radius 1 is 0.476 bits per heavy atom. The average molecular weight is 1630 g/mol. The highest BCUT2D eigenvalue weighted by molar-refractivity contribution is 7.99. The molecule has 0 fully saturated rings. The van der Waals surface area contributed by atoms with E-state index in [4.69, 9.17) is 31.9 Å². The fourth-order valence-electron chi connectivity index (χ4n) is 8.84. The Hall–Kier alpha value is -9.34. The lowest BCUT2D eigenvalue weighted by Gasteiger charge is -2.00. The number of halogens is 5. The van der Waals surface area contributed by atoms with Gasteiger partial charge in [-0.15, -0.1) is 47.0 Å². The smallest absolute Gasteiger partial charge is 0.350 e. The second-order valence-electron chi connectivity index (χ2n) is 19.9. The maximum absolute atomic E-state index is 12.7. The predicted molar refractivity (Wildman–Crippen MR) is 402 cm³/mol. The predicted octanol–water partition coefficient (Wildman–Crippen LogP) is 15.1. The minimum absolute atomic E-state index is 0.00892. The molecular weight excluding hydrogens is 1580 g/mol. The third-order valence-electron chi connectivity index (χ3n) is 13.5. The number of aromatic nitrogens is 21. The largest absolute Gasteiger partial charge is 0.462 e. The zero-order valence-corrected chi connectivity index (χ0v) is 63.8. The van der Waals surface area contributed by atoms with Crippen molar-refractivity contribution in [3.63, 3.8) is 0 Å². The summed E-state index contributed by atoms with van der Waals surface area (Å²) >= 11 is 19.1. The maximum Gasteiger partial charge on any atom is 0.350 e. The van der Waals surface area contributed by atoms with E-state index in [1.54, 1.807) is 128 Å². The number of anilines is 1. The molecule has 0 atom stereocenters. The number of nitrogens with zero attached hydrogens (tertiary/aromatic N) is 21. The fourth-order valence-corrected chi connectivity index (χ4v) is 15.1. The monoisotopic (exact) mass is 1630 g/mol. The summed E-state index contributed by atoms with van der Waals surface area (Å²) < 4.78 is 69.0. The highest BCUT2D eigenvalue weighted by Gasteiger charge is 2.21. The van der Waals surface area contributed by atoms with E-state index in [0.717, 1.165) is 92.3 Å². The van der Waals surface area contributed by atoms with Gasteiger partial charge in [-0.3, -0.25) is 26.8 Å². The van der Waals surface area contributed by atoms with Crippen molar-refractivity contribution >= 4 is 175 Å². The molecule has 0 aliphatic carbocycles. The number of thioether (sulfide) groups is 4. The number of ether oxygens (including phenoxy) is 2. The number of carbonyl (C=O) groups excluding carboxylic acids is 3. The van der Waals surface area contributed by atoms with Crippen molar-refractivity contribution in [3.8, 4) is 57.6 Å². The molecule has 105 heavy (non-hydrogen) atoms. The lowest BCUT2D eigenvalue weighted by Crippen LogP contribution is -2.02. The second-order valence-corrected chi connectivity index (χ2v) is 29.9. The van der Waals surface area contributed by atoms with Crippen molar-refractivity contribution in [3.05, 3.63) is 164 Å². The first kappa shape index (κ1) is 76.8. The lowest BCUT2D eigenvalue weighted by molar-refractivity contribution is 0.0522. The first-order chi connectivity index (χ1) is 50.9. The van der Waals surface area contributed by atoms with E-state index in [9.17, 15) is 31.9 Å². The zero-order chi connectivity index (χ0) is 74.3. The van der Waals surface area contributed by atoms with E-state index >= 15 is 0 Å². The van der Waals surface area contributed by atoms with Gasteiger partial charge in [-0.25, -0.2) is 107 Å². The Bertz CT molecular complexity index is 5630. The summed E-state index contributed by atoms with van der Waals surface area (Å²) in [6.07, 6.45) is 29.8. The average Bonchev–Trinajstić information content (AvgIpc) is 1.68. The number of hydrogen-bond donors (Lipinski definition) is 2. The van der Waals surface area contributed by atoms with Crippen LogP contribution < -0.4 is 5.73 Å². The summed E-state index contributed by atoms with van der Waals surface area (Å²) in [5.41, 5.74) is 8.87. The van der Waals surface area contributed by atoms with Gasteiger partial charge in [-0.1, -0.05) is 79.6 Å². The number of thiazole rings is 6. The van der Waals surface area contributed by atoms with Gasteiger partial charge in [0.25, 0.3) is 12.9 Å². The summed E-state index contributed by atoms with van der Waals surface area (Å²) in [7, 11) is 0. The fraction of sp³-hybridized carbons (Fsp3) is 0.177. The number of rotatable bonds is 17. The number of esters is 2. The molecule has 0 unspecified atom stereocenters. The number of hydrogen-bond acceptors (Lipinski definition) is 33. The SMILES string of the molecule is CCOC(=O)c1cn2c(-c3nccc(SC)n3)cnc2s1.CCOC(=O)c1cnc(N)s1.CSc1ccnc(-c2cnc3sc(C(F)F)cn23)n1.CSc1ccnc(-c2cnc3sc(C=O)cn23)n1.CSc1ccnc(-c2cnc3sc(CO)cn23)n1.FC(F)c1cn2c(-c3nccc(Cl)n3)cnc2s1. The highest BCUT2D eigenvalue weighted by Crippen LogP contribution is 2.34. The number of nitrogen functional groups attached to an aromatic ring is 1. The highest BCUT2D eigenvalue weighted by atomic mass is 35.5. The standard InChI is InChI=1S/C13H12N4O2S2.C11H8F2N4S2.C11H10N4OS2.C11H8N4OS2.C10H5ClF2N4S.C6H8N2O2S/c1-3-19-12(18)9-7-17-8(6-15-13(17)21-9)11-14-5-4-10(16-11)20-2;1-18-8-2-3-14-10(16-8)6-4-15-11-17(6)5-7(19-11)9(12)13;2*1-17-9-2-3-12-10(14-9)8-4-13-11-15(8)5-7(6-16)18-11;11-7-1-2-14-9(16-7)5-3-15-10-17(5)4-6(18-10)8(12)13;1-2-10-5(9)4-3-8-6(7)11-4/h4-7H,3H2,1-2H3;2-5,9H,1H3;2-5,16H,6H2,1H3;2-6H,1H3;1-4,8H;3H,2H2,1H3,(H2,7,8). The van der Waals surface area contributed by atoms with Gasteiger partial charge in [0.15, 0.2) is 65.3 Å². The van der Waals surface area contributed by atoms with E-state index in [2.05, 4.69) is 79.7 Å². The topological polar surface area (TPSA) is 344 Å². The molecule has 0 amide bonds. The first-order valence-electron chi connectivity index (χ1n) is 29.9. The van der Waals surface area contributed by atoms with E-state index < -0.39 is 12.9 Å². The maximum atomic E-state index is 12.7. The van der Waals surface area contributed by atoms with Crippen LogP contribution in [0.15, 0.2) is 150 Å². The summed E-state index contributed by atoms with van der Waals surface area (Å²) in [4.78, 5) is 107. The molecule has 16 aromatic rings. The molecule has 16 rings (SSSR count). The Morgan fingerprint density at radius 2 is 0.838 bits per heavy atom. The van der Waals surface area contributed by atoms with Crippen LogP contribution in [-0.2, 0) is 16.1 Å². The molecule has 0 aliphatic heterocycles. The number of nitrogens with two attached hydrogens (primary N) is 1. The van der Waals surface area contributed by atoms with Gasteiger partial charge < -0.3 is 20.3 Å². The van der Waals surface area contributed by atoms with Crippen LogP contribution in [0, 0.1) is 0 Å². The Labute approximate surface area is 636 Å². The van der Waals surface area contributed by atoms with Crippen molar-refractivity contribution in [2.75, 3.05) is 44.0 Å². The molecule has 3 N–H and O–H groups in total. The molecule has 0 spiro atoms. The molecule has 540 valence electrons. The van der Waals surface area contributed by atoms with Gasteiger partial charge in [0, 0.05) is 62.0 Å². The van der Waals surface area contributed by atoms with E-state index in [1.165, 1.54) is 81.2 Å². The van der Waals surface area contributed by atoms with Gasteiger partial charge in [0.1, 0.15) is 43.4 Å². The van der Waals surface area contributed by atoms with Crippen LogP contribution >= 0.6 is 127 Å². The molecule has 16 heterocycles. The number of carbonyl (C=O) groups is 3. The molecule has 43 heteroatoms. The molecule has 16 aromatic heterocycles. The number of aliphatic hydroxyl groups is 1. The van der Waals surface area contributed by atoms with Gasteiger partial charge >= 0.3 is 11.9 Å². The second kappa shape index (κ2) is 36.1. The molecule has 0 saturated heterocycles. The summed E-state index contributed by atoms with van der Waals surface area (Å²) in [5, 5.41) is 13.3. The van der Waals surface area contributed by atoms with Crippen LogP contribution in [0.3, 0.4) is 0 Å². The molecule has 28 nitrogen and oxygen atoms in total. The normalized spacial score (nSPS) is 11.1. The molecular formula is C62H51ClF4N22O6S10. The Balaban J connectivity index is 0.000000127. The first-order valence-corrected chi connectivity index (χ1v) is 40.1. The molecule has 0 radical (unpaired) electrons.